The van der Waals surface area contributed by atoms with Crippen LogP contribution in [0.2, 0.25) is 0 Å². The molecule has 5 rings (SSSR count). The second-order valence-corrected chi connectivity index (χ2v) is 19.4. The van der Waals surface area contributed by atoms with Gasteiger partial charge in [-0.15, -0.1) is 6.42 Å². The van der Waals surface area contributed by atoms with Gasteiger partial charge in [0, 0.05) is 90.1 Å². The molecule has 0 aromatic rings. The number of hydrogen-bond acceptors (Lipinski definition) is 20. The van der Waals surface area contributed by atoms with Gasteiger partial charge >= 0.3 is 0 Å². The van der Waals surface area contributed by atoms with Crippen molar-refractivity contribution >= 4 is 29.5 Å². The molecule has 4 aliphatic heterocycles. The van der Waals surface area contributed by atoms with Gasteiger partial charge in [-0.2, -0.15) is 0 Å². The van der Waals surface area contributed by atoms with E-state index >= 15 is 0 Å². The molecule has 12 atom stereocenters. The van der Waals surface area contributed by atoms with E-state index in [0.29, 0.717) is 110 Å². The van der Waals surface area contributed by atoms with Gasteiger partial charge < -0.3 is 88.9 Å². The minimum atomic E-state index is -1.28. The molecule has 5 amide bonds. The van der Waals surface area contributed by atoms with Gasteiger partial charge in [-0.25, -0.2) is 0 Å². The number of terminal acetylenes is 1. The summed E-state index contributed by atoms with van der Waals surface area (Å²) in [5, 5.41) is 60.9. The van der Waals surface area contributed by atoms with E-state index in [4.69, 9.17) is 53.8 Å². The van der Waals surface area contributed by atoms with Crippen LogP contribution in [-0.2, 0) is 71.3 Å². The zero-order chi connectivity index (χ0) is 54.0. The number of aliphatic hydroxyl groups is 5. The molecule has 0 spiro atoms. The minimum absolute atomic E-state index is 0.0186. The Bertz CT molecular complexity index is 1780. The minimum Gasteiger partial charge on any atom is -0.394 e. The lowest BCUT2D eigenvalue weighted by Gasteiger charge is -2.44. The highest BCUT2D eigenvalue weighted by Gasteiger charge is 2.46. The van der Waals surface area contributed by atoms with Crippen molar-refractivity contribution in [1.82, 2.24) is 20.9 Å². The average Bonchev–Trinajstić information content (AvgIpc) is 3.71. The molecule has 24 heteroatoms. The summed E-state index contributed by atoms with van der Waals surface area (Å²) in [6.07, 6.45) is 2.60. The second kappa shape index (κ2) is 34.2. The van der Waals surface area contributed by atoms with Crippen LogP contribution in [0.15, 0.2) is 12.2 Å². The van der Waals surface area contributed by atoms with Gasteiger partial charge in [-0.05, 0) is 57.3 Å². The molecular weight excluding hydrogens is 989 g/mol. The van der Waals surface area contributed by atoms with Gasteiger partial charge in [0.25, 0.3) is 11.8 Å². The molecule has 24 nitrogen and oxygen atoms in total. The SMILES string of the molecule is C#CCNC(=O)CCCCCO[C@H]1CC(O)[C@@H](OC)O[C@@H]1O[C@H]1O[C@H](CO[C@H]2O[C@H](CO)[C@@H](O)CC2O)[C@@H](OCCCCCC(=O)NCCOCCOCCNC(=O)C2CCC(CN3C(=O)C=CC3=O)CC2)C[C@H]1O. The normalized spacial score (nSPS) is 31.0. The molecule has 1 aliphatic carbocycles. The van der Waals surface area contributed by atoms with Crippen molar-refractivity contribution in [2.24, 2.45) is 11.8 Å². The molecule has 8 N–H and O–H groups in total. The van der Waals surface area contributed by atoms with Crippen LogP contribution in [0.25, 0.3) is 0 Å². The standard InChI is InChI=1S/C51H82N4O20/c1-3-18-52-43(61)10-6-5-9-22-70-40-29-37(59)48(66-2)74-51(40)75-50-38(60)28-39(42(73-50)32-71-49-36(58)27-35(57)41(31-56)72-49)69-21-8-4-7-11-44(62)53-19-23-67-25-26-68-24-20-54-47(65)34-14-12-33(13-15-34)30-55-45(63)16-17-46(55)64/h1,16-17,33-42,48-51,56-60H,4-15,18-32H2,2H3,(H,52,61)(H,53,62)(H,54,65)/t33?,34?,35-,36?,37?,38+,39-,40-,41+,42+,48-,49-,50+,51+/m0/s1. The number of ether oxygens (including phenoxy) is 10. The molecule has 0 radical (unpaired) electrons. The average molecular weight is 1070 g/mol. The van der Waals surface area contributed by atoms with Crippen molar-refractivity contribution in [2.75, 3.05) is 86.1 Å². The third kappa shape index (κ3) is 21.5. The Labute approximate surface area is 439 Å². The predicted octanol–water partition coefficient (Wildman–Crippen LogP) is -0.958. The fraction of sp³-hybridized carbons (Fsp3) is 0.824. The van der Waals surface area contributed by atoms with Crippen LogP contribution in [0.1, 0.15) is 96.3 Å². The van der Waals surface area contributed by atoms with Gasteiger partial charge in [0.2, 0.25) is 17.7 Å². The summed E-state index contributed by atoms with van der Waals surface area (Å²) in [5.41, 5.74) is 0. The summed E-state index contributed by atoms with van der Waals surface area (Å²) >= 11 is 0. The van der Waals surface area contributed by atoms with Crippen LogP contribution >= 0.6 is 0 Å². The first-order valence-corrected chi connectivity index (χ1v) is 26.6. The van der Waals surface area contributed by atoms with Crippen LogP contribution in [0.5, 0.6) is 0 Å². The number of methoxy groups -OCH3 is 1. The Morgan fingerprint density at radius 3 is 1.88 bits per heavy atom. The van der Waals surface area contributed by atoms with Crippen molar-refractivity contribution in [3.63, 3.8) is 0 Å². The maximum Gasteiger partial charge on any atom is 0.253 e. The lowest BCUT2D eigenvalue weighted by Crippen LogP contribution is -2.57. The van der Waals surface area contributed by atoms with E-state index < -0.39 is 80.6 Å². The Morgan fingerprint density at radius 1 is 0.653 bits per heavy atom. The number of imide groups is 1. The van der Waals surface area contributed by atoms with Crippen LogP contribution in [0.4, 0.5) is 0 Å². The fourth-order valence-corrected chi connectivity index (χ4v) is 9.42. The van der Waals surface area contributed by atoms with Gasteiger partial charge in [-0.3, -0.25) is 28.9 Å². The number of aliphatic hydroxyl groups excluding tert-OH is 5. The molecule has 4 heterocycles. The number of nitrogens with zero attached hydrogens (tertiary/aromatic N) is 1. The van der Waals surface area contributed by atoms with E-state index in [9.17, 15) is 49.5 Å². The topological polar surface area (TPSA) is 318 Å². The van der Waals surface area contributed by atoms with Crippen molar-refractivity contribution < 1.29 is 96.9 Å². The zero-order valence-corrected chi connectivity index (χ0v) is 43.2. The highest BCUT2D eigenvalue weighted by molar-refractivity contribution is 6.12. The Balaban J connectivity index is 0.952. The van der Waals surface area contributed by atoms with E-state index in [1.807, 2.05) is 0 Å². The maximum atomic E-state index is 12.6. The monoisotopic (exact) mass is 1070 g/mol. The van der Waals surface area contributed by atoms with E-state index in [1.165, 1.54) is 24.2 Å². The van der Waals surface area contributed by atoms with Crippen LogP contribution < -0.4 is 16.0 Å². The number of hydrogen-bond donors (Lipinski definition) is 8. The van der Waals surface area contributed by atoms with Crippen molar-refractivity contribution in [1.29, 1.82) is 0 Å². The molecule has 0 bridgehead atoms. The molecule has 0 aromatic heterocycles. The smallest absolute Gasteiger partial charge is 0.253 e. The molecule has 5 aliphatic rings. The van der Waals surface area contributed by atoms with E-state index in [2.05, 4.69) is 21.9 Å². The molecule has 75 heavy (non-hydrogen) atoms. The second-order valence-electron chi connectivity index (χ2n) is 19.4. The number of rotatable bonds is 34. The largest absolute Gasteiger partial charge is 0.394 e. The number of amides is 5. The number of carbonyl (C=O) groups excluding carboxylic acids is 5. The lowest BCUT2D eigenvalue weighted by molar-refractivity contribution is -0.382. The molecule has 4 fully saturated rings. The number of nitrogens with one attached hydrogen (secondary N) is 3. The predicted molar refractivity (Wildman–Crippen MR) is 262 cm³/mol. The summed E-state index contributed by atoms with van der Waals surface area (Å²) in [5.74, 6) is 1.64. The van der Waals surface area contributed by atoms with Gasteiger partial charge in [0.05, 0.1) is 58.4 Å². The molecule has 2 unspecified atom stereocenters. The molecule has 1 saturated carbocycles. The highest BCUT2D eigenvalue weighted by Crippen LogP contribution is 2.33. The van der Waals surface area contributed by atoms with Crippen LogP contribution in [0, 0.1) is 24.2 Å². The first-order valence-electron chi connectivity index (χ1n) is 26.6. The Hall–Kier alpha value is -3.75. The molecule has 0 aromatic carbocycles. The van der Waals surface area contributed by atoms with Crippen molar-refractivity contribution in [3.8, 4) is 12.3 Å². The van der Waals surface area contributed by atoms with E-state index in [-0.39, 0.29) is 87.0 Å². The van der Waals surface area contributed by atoms with E-state index in [1.54, 1.807) is 0 Å². The number of carbonyl (C=O) groups is 5. The highest BCUT2D eigenvalue weighted by atomic mass is 16.8. The summed E-state index contributed by atoms with van der Waals surface area (Å²) in [6.45, 7) is 2.39. The van der Waals surface area contributed by atoms with Crippen LogP contribution in [0.3, 0.4) is 0 Å². The summed E-state index contributed by atoms with van der Waals surface area (Å²) in [4.78, 5) is 61.9. The maximum absolute atomic E-state index is 12.6. The third-order valence-electron chi connectivity index (χ3n) is 13.7. The third-order valence-corrected chi connectivity index (χ3v) is 13.7. The quantitative estimate of drug-likeness (QED) is 0.0219. The Morgan fingerprint density at radius 2 is 1.24 bits per heavy atom. The Kier molecular flexibility index (Phi) is 28.3. The zero-order valence-electron chi connectivity index (χ0n) is 43.2. The first-order chi connectivity index (χ1) is 36.3. The summed E-state index contributed by atoms with van der Waals surface area (Å²) < 4.78 is 58.7. The first kappa shape index (κ1) is 62.1. The van der Waals surface area contributed by atoms with Gasteiger partial charge in [0.1, 0.15) is 36.6 Å². The molecule has 3 saturated heterocycles. The molecular formula is C51H82N4O20. The van der Waals surface area contributed by atoms with Crippen molar-refractivity contribution in [2.45, 2.75) is 170 Å². The molecule has 426 valence electrons. The van der Waals surface area contributed by atoms with Gasteiger partial charge in [0.15, 0.2) is 25.2 Å². The van der Waals surface area contributed by atoms with Crippen LogP contribution in [-0.4, -0.2) is 220 Å². The fourth-order valence-electron chi connectivity index (χ4n) is 9.42. The van der Waals surface area contributed by atoms with Crippen molar-refractivity contribution in [3.05, 3.63) is 12.2 Å². The van der Waals surface area contributed by atoms with E-state index in [0.717, 1.165) is 12.8 Å². The number of unbranched alkanes of at least 4 members (excludes halogenated alkanes) is 4. The summed E-state index contributed by atoms with van der Waals surface area (Å²) in [6, 6.07) is 0. The summed E-state index contributed by atoms with van der Waals surface area (Å²) in [7, 11) is 1.37. The lowest BCUT2D eigenvalue weighted by atomic mass is 9.81. The van der Waals surface area contributed by atoms with Gasteiger partial charge in [-0.1, -0.05) is 18.8 Å².